The highest BCUT2D eigenvalue weighted by molar-refractivity contribution is 9.10. The predicted octanol–water partition coefficient (Wildman–Crippen LogP) is 4.48. The SMILES string of the molecule is COC(=O)c1c(F)cc(Br)cc1Oc1ccc(C)cc1. The van der Waals surface area contributed by atoms with Gasteiger partial charge in [-0.1, -0.05) is 33.6 Å². The van der Waals surface area contributed by atoms with E-state index in [1.54, 1.807) is 12.1 Å². The third-order valence-electron chi connectivity index (χ3n) is 2.66. The molecule has 0 N–H and O–H groups in total. The van der Waals surface area contributed by atoms with E-state index in [0.29, 0.717) is 10.2 Å². The summed E-state index contributed by atoms with van der Waals surface area (Å²) in [5, 5.41) is 0. The maximum absolute atomic E-state index is 13.9. The predicted molar refractivity (Wildman–Crippen MR) is 76.7 cm³/mol. The van der Waals surface area contributed by atoms with Gasteiger partial charge in [0.25, 0.3) is 0 Å². The van der Waals surface area contributed by atoms with Crippen molar-refractivity contribution in [3.63, 3.8) is 0 Å². The van der Waals surface area contributed by atoms with Crippen LogP contribution in [0.5, 0.6) is 11.5 Å². The van der Waals surface area contributed by atoms with Crippen LogP contribution in [0.2, 0.25) is 0 Å². The van der Waals surface area contributed by atoms with Gasteiger partial charge in [0.2, 0.25) is 0 Å². The van der Waals surface area contributed by atoms with E-state index in [1.165, 1.54) is 19.2 Å². The zero-order chi connectivity index (χ0) is 14.7. The van der Waals surface area contributed by atoms with Gasteiger partial charge in [-0.15, -0.1) is 0 Å². The van der Waals surface area contributed by atoms with Crippen molar-refractivity contribution in [2.75, 3.05) is 7.11 Å². The van der Waals surface area contributed by atoms with Gasteiger partial charge in [-0.2, -0.15) is 0 Å². The zero-order valence-electron chi connectivity index (χ0n) is 10.9. The molecule has 0 aromatic heterocycles. The van der Waals surface area contributed by atoms with Crippen LogP contribution < -0.4 is 4.74 Å². The van der Waals surface area contributed by atoms with Crippen molar-refractivity contribution in [1.29, 1.82) is 0 Å². The number of ether oxygens (including phenoxy) is 2. The Hall–Kier alpha value is -1.88. The van der Waals surface area contributed by atoms with Gasteiger partial charge in [0.05, 0.1) is 7.11 Å². The Morgan fingerprint density at radius 1 is 1.20 bits per heavy atom. The minimum atomic E-state index is -0.780. The van der Waals surface area contributed by atoms with E-state index in [9.17, 15) is 9.18 Å². The number of methoxy groups -OCH3 is 1. The summed E-state index contributed by atoms with van der Waals surface area (Å²) < 4.78 is 24.5. The number of carbonyl (C=O) groups excluding carboxylic acids is 1. The van der Waals surface area contributed by atoms with Crippen LogP contribution in [0, 0.1) is 12.7 Å². The summed E-state index contributed by atoms with van der Waals surface area (Å²) in [5.74, 6) is -0.865. The standard InChI is InChI=1S/C15H12BrFO3/c1-9-3-5-11(6-4-9)20-13-8-10(16)7-12(17)14(13)15(18)19-2/h3-8H,1-2H3. The lowest BCUT2D eigenvalue weighted by Gasteiger charge is -2.11. The molecule has 2 rings (SSSR count). The van der Waals surface area contributed by atoms with Gasteiger partial charge in [0.1, 0.15) is 22.9 Å². The first kappa shape index (κ1) is 14.5. The van der Waals surface area contributed by atoms with Gasteiger partial charge in [-0.3, -0.25) is 0 Å². The highest BCUT2D eigenvalue weighted by Crippen LogP contribution is 2.31. The Morgan fingerprint density at radius 3 is 2.45 bits per heavy atom. The molecule has 0 aliphatic heterocycles. The molecule has 0 aliphatic carbocycles. The summed E-state index contributed by atoms with van der Waals surface area (Å²) in [4.78, 5) is 11.7. The number of benzene rings is 2. The molecule has 3 nitrogen and oxygen atoms in total. The van der Waals surface area contributed by atoms with Crippen molar-refractivity contribution in [3.8, 4) is 11.5 Å². The molecule has 0 saturated heterocycles. The summed E-state index contributed by atoms with van der Waals surface area (Å²) in [5.41, 5.74) is 0.849. The summed E-state index contributed by atoms with van der Waals surface area (Å²) in [6.45, 7) is 1.95. The molecule has 0 fully saturated rings. The maximum Gasteiger partial charge on any atom is 0.344 e. The number of aryl methyl sites for hydroxylation is 1. The molecule has 0 aliphatic rings. The third kappa shape index (κ3) is 3.17. The van der Waals surface area contributed by atoms with Gasteiger partial charge in [-0.25, -0.2) is 9.18 Å². The van der Waals surface area contributed by atoms with Crippen molar-refractivity contribution in [3.05, 3.63) is 57.8 Å². The summed E-state index contributed by atoms with van der Waals surface area (Å²) in [6.07, 6.45) is 0. The second kappa shape index (κ2) is 6.05. The normalized spacial score (nSPS) is 10.2. The minimum absolute atomic E-state index is 0.104. The third-order valence-corrected chi connectivity index (χ3v) is 3.11. The van der Waals surface area contributed by atoms with Crippen molar-refractivity contribution >= 4 is 21.9 Å². The topological polar surface area (TPSA) is 35.5 Å². The maximum atomic E-state index is 13.9. The van der Waals surface area contributed by atoms with Gasteiger partial charge >= 0.3 is 5.97 Å². The van der Waals surface area contributed by atoms with Crippen LogP contribution in [0.15, 0.2) is 40.9 Å². The van der Waals surface area contributed by atoms with Crippen LogP contribution >= 0.6 is 15.9 Å². The van der Waals surface area contributed by atoms with Crippen molar-refractivity contribution in [1.82, 2.24) is 0 Å². The first-order valence-corrected chi connectivity index (χ1v) is 6.62. The van der Waals surface area contributed by atoms with Crippen molar-refractivity contribution in [2.45, 2.75) is 6.92 Å². The Labute approximate surface area is 124 Å². The molecule has 0 spiro atoms. The molecule has 0 unspecified atom stereocenters. The monoisotopic (exact) mass is 338 g/mol. The molecule has 0 bridgehead atoms. The molecule has 5 heteroatoms. The lowest BCUT2D eigenvalue weighted by atomic mass is 10.2. The largest absolute Gasteiger partial charge is 0.465 e. The quantitative estimate of drug-likeness (QED) is 0.774. The van der Waals surface area contributed by atoms with E-state index in [4.69, 9.17) is 4.74 Å². The second-order valence-corrected chi connectivity index (χ2v) is 5.08. The summed E-state index contributed by atoms with van der Waals surface area (Å²) in [6, 6.07) is 9.93. The average molecular weight is 339 g/mol. The number of rotatable bonds is 3. The fourth-order valence-corrected chi connectivity index (χ4v) is 2.07. The highest BCUT2D eigenvalue weighted by atomic mass is 79.9. The molecule has 20 heavy (non-hydrogen) atoms. The van der Waals surface area contributed by atoms with Crippen molar-refractivity contribution < 1.29 is 18.7 Å². The van der Waals surface area contributed by atoms with Gasteiger partial charge in [0.15, 0.2) is 0 Å². The number of carbonyl (C=O) groups is 1. The summed E-state index contributed by atoms with van der Waals surface area (Å²) >= 11 is 3.17. The van der Waals surface area contributed by atoms with Gasteiger partial charge in [0, 0.05) is 4.47 Å². The smallest absolute Gasteiger partial charge is 0.344 e. The number of halogens is 2. The molecule has 0 amide bonds. The Kier molecular flexibility index (Phi) is 4.39. The molecular weight excluding hydrogens is 327 g/mol. The van der Waals surface area contributed by atoms with Crippen LogP contribution in [0.4, 0.5) is 4.39 Å². The number of hydrogen-bond donors (Lipinski definition) is 0. The Morgan fingerprint density at radius 2 is 1.85 bits per heavy atom. The lowest BCUT2D eigenvalue weighted by molar-refractivity contribution is 0.0592. The lowest BCUT2D eigenvalue weighted by Crippen LogP contribution is -2.07. The summed E-state index contributed by atoms with van der Waals surface area (Å²) in [7, 11) is 1.19. The number of esters is 1. The van der Waals surface area contributed by atoms with Gasteiger partial charge < -0.3 is 9.47 Å². The fourth-order valence-electron chi connectivity index (χ4n) is 1.66. The molecule has 0 heterocycles. The van der Waals surface area contributed by atoms with Crippen LogP contribution in [0.3, 0.4) is 0 Å². The molecule has 0 saturated carbocycles. The van der Waals surface area contributed by atoms with Crippen LogP contribution in [0.1, 0.15) is 15.9 Å². The fraction of sp³-hybridized carbons (Fsp3) is 0.133. The van der Waals surface area contributed by atoms with Gasteiger partial charge in [-0.05, 0) is 31.2 Å². The second-order valence-electron chi connectivity index (χ2n) is 4.17. The van der Waals surface area contributed by atoms with Crippen LogP contribution in [-0.2, 0) is 4.74 Å². The molecular formula is C15H12BrFO3. The number of hydrogen-bond acceptors (Lipinski definition) is 3. The zero-order valence-corrected chi connectivity index (χ0v) is 12.5. The van der Waals surface area contributed by atoms with Crippen LogP contribution in [0.25, 0.3) is 0 Å². The first-order valence-electron chi connectivity index (χ1n) is 5.83. The average Bonchev–Trinajstić information content (AvgIpc) is 2.40. The molecule has 104 valence electrons. The van der Waals surface area contributed by atoms with Crippen LogP contribution in [-0.4, -0.2) is 13.1 Å². The van der Waals surface area contributed by atoms with E-state index in [2.05, 4.69) is 20.7 Å². The van der Waals surface area contributed by atoms with E-state index in [1.807, 2.05) is 19.1 Å². The molecule has 2 aromatic rings. The van der Waals surface area contributed by atoms with E-state index in [0.717, 1.165) is 5.56 Å². The highest BCUT2D eigenvalue weighted by Gasteiger charge is 2.20. The Bertz CT molecular complexity index is 638. The van der Waals surface area contributed by atoms with E-state index < -0.39 is 11.8 Å². The first-order chi connectivity index (χ1) is 9.51. The van der Waals surface area contributed by atoms with E-state index in [-0.39, 0.29) is 11.3 Å². The Balaban J connectivity index is 2.44. The molecule has 2 aromatic carbocycles. The van der Waals surface area contributed by atoms with Crippen molar-refractivity contribution in [2.24, 2.45) is 0 Å². The molecule has 0 atom stereocenters. The van der Waals surface area contributed by atoms with E-state index >= 15 is 0 Å². The molecule has 0 radical (unpaired) electrons. The minimum Gasteiger partial charge on any atom is -0.465 e.